The summed E-state index contributed by atoms with van der Waals surface area (Å²) in [6.45, 7) is -0.815. The normalized spacial score (nSPS) is 11.4. The van der Waals surface area contributed by atoms with Gasteiger partial charge in [-0.2, -0.15) is 5.26 Å². The molecule has 3 nitrogen and oxygen atoms in total. The lowest BCUT2D eigenvalue weighted by molar-refractivity contribution is 0.0234. The van der Waals surface area contributed by atoms with Crippen LogP contribution in [0.4, 0.5) is 4.39 Å². The Morgan fingerprint density at radius 1 is 1.15 bits per heavy atom. The van der Waals surface area contributed by atoms with Gasteiger partial charge in [0, 0.05) is 0 Å². The summed E-state index contributed by atoms with van der Waals surface area (Å²) in [6.07, 6.45) is -0.963. The van der Waals surface area contributed by atoms with Crippen molar-refractivity contribution >= 4 is 5.97 Å². The molecular weight excluding hydrogens is 257 g/mol. The van der Waals surface area contributed by atoms with E-state index >= 15 is 0 Å². The van der Waals surface area contributed by atoms with Gasteiger partial charge in [-0.3, -0.25) is 0 Å². The lowest BCUT2D eigenvalue weighted by Gasteiger charge is -2.15. The van der Waals surface area contributed by atoms with E-state index in [0.29, 0.717) is 16.7 Å². The SMILES string of the molecule is N#Cc1ccc([C@@H](CF)OC(=O)c2ccccc2)cc1. The average molecular weight is 269 g/mol. The fraction of sp³-hybridized carbons (Fsp3) is 0.125. The second kappa shape index (κ2) is 6.48. The van der Waals surface area contributed by atoms with Gasteiger partial charge in [-0.15, -0.1) is 0 Å². The topological polar surface area (TPSA) is 50.1 Å². The molecule has 0 saturated heterocycles. The van der Waals surface area contributed by atoms with Gasteiger partial charge in [-0.1, -0.05) is 30.3 Å². The maximum Gasteiger partial charge on any atom is 0.338 e. The molecule has 100 valence electrons. The molecule has 0 heterocycles. The van der Waals surface area contributed by atoms with Crippen LogP contribution in [0.5, 0.6) is 0 Å². The molecule has 0 aliphatic rings. The highest BCUT2D eigenvalue weighted by Crippen LogP contribution is 2.20. The molecule has 0 N–H and O–H groups in total. The minimum Gasteiger partial charge on any atom is -0.451 e. The van der Waals surface area contributed by atoms with E-state index < -0.39 is 18.7 Å². The van der Waals surface area contributed by atoms with Gasteiger partial charge < -0.3 is 4.74 Å². The van der Waals surface area contributed by atoms with Crippen molar-refractivity contribution in [3.63, 3.8) is 0 Å². The summed E-state index contributed by atoms with van der Waals surface area (Å²) >= 11 is 0. The first-order chi connectivity index (χ1) is 9.74. The van der Waals surface area contributed by atoms with Crippen molar-refractivity contribution in [1.29, 1.82) is 5.26 Å². The van der Waals surface area contributed by atoms with E-state index in [1.807, 2.05) is 6.07 Å². The van der Waals surface area contributed by atoms with Crippen molar-refractivity contribution in [3.05, 3.63) is 71.3 Å². The Kier molecular flexibility index (Phi) is 4.46. The number of ether oxygens (including phenoxy) is 1. The third-order valence-electron chi connectivity index (χ3n) is 2.81. The van der Waals surface area contributed by atoms with Gasteiger partial charge in [-0.05, 0) is 29.8 Å². The zero-order valence-electron chi connectivity index (χ0n) is 10.6. The summed E-state index contributed by atoms with van der Waals surface area (Å²) in [4.78, 5) is 11.9. The van der Waals surface area contributed by atoms with Gasteiger partial charge in [0.15, 0.2) is 6.10 Å². The Hall–Kier alpha value is -2.67. The third-order valence-corrected chi connectivity index (χ3v) is 2.81. The van der Waals surface area contributed by atoms with Gasteiger partial charge in [0.1, 0.15) is 6.67 Å². The summed E-state index contributed by atoms with van der Waals surface area (Å²) in [5.41, 5.74) is 1.37. The van der Waals surface area contributed by atoms with Crippen molar-refractivity contribution in [2.75, 3.05) is 6.67 Å². The van der Waals surface area contributed by atoms with Gasteiger partial charge in [0.05, 0.1) is 17.2 Å². The highest BCUT2D eigenvalue weighted by Gasteiger charge is 2.17. The van der Waals surface area contributed by atoms with E-state index in [1.54, 1.807) is 54.6 Å². The van der Waals surface area contributed by atoms with Crippen molar-refractivity contribution in [3.8, 4) is 6.07 Å². The zero-order valence-corrected chi connectivity index (χ0v) is 10.6. The minimum atomic E-state index is -0.963. The Morgan fingerprint density at radius 2 is 1.80 bits per heavy atom. The summed E-state index contributed by atoms with van der Waals surface area (Å²) in [5.74, 6) is -0.572. The quantitative estimate of drug-likeness (QED) is 0.799. The number of hydrogen-bond donors (Lipinski definition) is 0. The Labute approximate surface area is 116 Å². The maximum atomic E-state index is 13.1. The molecule has 1 atom stereocenters. The van der Waals surface area contributed by atoms with Gasteiger partial charge in [0.2, 0.25) is 0 Å². The second-order valence-corrected chi connectivity index (χ2v) is 4.15. The predicted molar refractivity (Wildman–Crippen MR) is 71.7 cm³/mol. The van der Waals surface area contributed by atoms with Gasteiger partial charge in [-0.25, -0.2) is 9.18 Å². The number of alkyl halides is 1. The molecule has 20 heavy (non-hydrogen) atoms. The molecular formula is C16H12FNO2. The number of carbonyl (C=O) groups is 1. The smallest absolute Gasteiger partial charge is 0.338 e. The number of carbonyl (C=O) groups excluding carboxylic acids is 1. The van der Waals surface area contributed by atoms with Crippen LogP contribution in [0.2, 0.25) is 0 Å². The van der Waals surface area contributed by atoms with Crippen LogP contribution in [0.3, 0.4) is 0 Å². The fourth-order valence-electron chi connectivity index (χ4n) is 1.73. The predicted octanol–water partition coefficient (Wildman–Crippen LogP) is 3.43. The molecule has 0 saturated carbocycles. The van der Waals surface area contributed by atoms with E-state index in [-0.39, 0.29) is 0 Å². The lowest BCUT2D eigenvalue weighted by Crippen LogP contribution is -2.13. The maximum absolute atomic E-state index is 13.1. The van der Waals surface area contributed by atoms with Crippen LogP contribution in [0, 0.1) is 11.3 Å². The van der Waals surface area contributed by atoms with Crippen LogP contribution in [-0.2, 0) is 4.74 Å². The van der Waals surface area contributed by atoms with Crippen molar-refractivity contribution < 1.29 is 13.9 Å². The first-order valence-electron chi connectivity index (χ1n) is 6.06. The van der Waals surface area contributed by atoms with Crippen molar-refractivity contribution in [2.24, 2.45) is 0 Å². The average Bonchev–Trinajstić information content (AvgIpc) is 2.53. The Morgan fingerprint density at radius 3 is 2.35 bits per heavy atom. The monoisotopic (exact) mass is 269 g/mol. The molecule has 0 amide bonds. The lowest BCUT2D eigenvalue weighted by atomic mass is 10.1. The first-order valence-corrected chi connectivity index (χ1v) is 6.06. The molecule has 0 unspecified atom stereocenters. The van der Waals surface area contributed by atoms with Crippen LogP contribution in [0.1, 0.15) is 27.6 Å². The van der Waals surface area contributed by atoms with Crippen LogP contribution in [0.25, 0.3) is 0 Å². The van der Waals surface area contributed by atoms with Gasteiger partial charge in [0.25, 0.3) is 0 Å². The van der Waals surface area contributed by atoms with Crippen LogP contribution < -0.4 is 0 Å². The molecule has 0 bridgehead atoms. The number of halogens is 1. The number of esters is 1. The summed E-state index contributed by atoms with van der Waals surface area (Å²) in [7, 11) is 0. The highest BCUT2D eigenvalue weighted by molar-refractivity contribution is 5.89. The largest absolute Gasteiger partial charge is 0.451 e. The van der Waals surface area contributed by atoms with E-state index in [2.05, 4.69) is 0 Å². The molecule has 2 aromatic carbocycles. The molecule has 0 spiro atoms. The number of hydrogen-bond acceptors (Lipinski definition) is 3. The van der Waals surface area contributed by atoms with Crippen molar-refractivity contribution in [1.82, 2.24) is 0 Å². The molecule has 0 aliphatic heterocycles. The molecule has 4 heteroatoms. The number of nitriles is 1. The molecule has 0 aromatic heterocycles. The molecule has 0 radical (unpaired) electrons. The van der Waals surface area contributed by atoms with Crippen LogP contribution in [-0.4, -0.2) is 12.6 Å². The van der Waals surface area contributed by atoms with E-state index in [0.717, 1.165) is 0 Å². The summed E-state index contributed by atoms with van der Waals surface area (Å²) in [6, 6.07) is 16.7. The zero-order chi connectivity index (χ0) is 14.4. The van der Waals surface area contributed by atoms with Crippen molar-refractivity contribution in [2.45, 2.75) is 6.10 Å². The number of rotatable bonds is 4. The number of nitrogens with zero attached hydrogens (tertiary/aromatic N) is 1. The number of benzene rings is 2. The minimum absolute atomic E-state index is 0.375. The molecule has 0 aliphatic carbocycles. The molecule has 2 rings (SSSR count). The molecule has 2 aromatic rings. The molecule has 0 fully saturated rings. The van der Waals surface area contributed by atoms with Crippen LogP contribution >= 0.6 is 0 Å². The Bertz CT molecular complexity index is 617. The first kappa shape index (κ1) is 13.8. The fourth-order valence-corrected chi connectivity index (χ4v) is 1.73. The van der Waals surface area contributed by atoms with Crippen LogP contribution in [0.15, 0.2) is 54.6 Å². The summed E-state index contributed by atoms with van der Waals surface area (Å²) in [5, 5.41) is 8.71. The highest BCUT2D eigenvalue weighted by atomic mass is 19.1. The van der Waals surface area contributed by atoms with E-state index in [9.17, 15) is 9.18 Å². The third kappa shape index (κ3) is 3.21. The second-order valence-electron chi connectivity index (χ2n) is 4.15. The standard InChI is InChI=1S/C16H12FNO2/c17-10-15(13-8-6-12(11-18)7-9-13)20-16(19)14-4-2-1-3-5-14/h1-9,15H,10H2/t15-/m1/s1. The van der Waals surface area contributed by atoms with E-state index in [1.165, 1.54) is 0 Å². The van der Waals surface area contributed by atoms with Gasteiger partial charge >= 0.3 is 5.97 Å². The van der Waals surface area contributed by atoms with E-state index in [4.69, 9.17) is 10.00 Å². The summed E-state index contributed by atoms with van der Waals surface area (Å²) < 4.78 is 18.2. The Balaban J connectivity index is 2.12.